The van der Waals surface area contributed by atoms with Crippen LogP contribution in [0.3, 0.4) is 0 Å². The molecule has 2 N–H and O–H groups in total. The maximum atomic E-state index is 10.8. The summed E-state index contributed by atoms with van der Waals surface area (Å²) in [5, 5.41) is 23.8. The molecule has 0 aliphatic carbocycles. The molecule has 1 aromatic carbocycles. The molecule has 0 aliphatic heterocycles. The number of hydrogen-bond acceptors (Lipinski definition) is 5. The van der Waals surface area contributed by atoms with Gasteiger partial charge in [0.1, 0.15) is 12.0 Å². The molecule has 2 aromatic rings. The van der Waals surface area contributed by atoms with Crippen molar-refractivity contribution in [1.29, 1.82) is 0 Å². The third-order valence-corrected chi connectivity index (χ3v) is 4.67. The van der Waals surface area contributed by atoms with E-state index in [-0.39, 0.29) is 23.6 Å². The highest BCUT2D eigenvalue weighted by Gasteiger charge is 2.30. The molecule has 1 heterocycles. The Morgan fingerprint density at radius 1 is 1.38 bits per heavy atom. The van der Waals surface area contributed by atoms with Crippen molar-refractivity contribution in [3.8, 4) is 0 Å². The molecular formula is C17H20BrN3O3. The zero-order chi connectivity index (χ0) is 17.7. The Balaban J connectivity index is 2.21. The fourth-order valence-corrected chi connectivity index (χ4v) is 2.97. The van der Waals surface area contributed by atoms with Gasteiger partial charge in [-0.25, -0.2) is 4.98 Å². The van der Waals surface area contributed by atoms with Crippen molar-refractivity contribution in [2.24, 2.45) is 5.41 Å². The fourth-order valence-electron chi connectivity index (χ4n) is 2.50. The molecule has 1 unspecified atom stereocenters. The predicted octanol–water partition coefficient (Wildman–Crippen LogP) is 3.97. The summed E-state index contributed by atoms with van der Waals surface area (Å²) in [5.41, 5.74) is 0.714. The molecule has 7 heteroatoms. The van der Waals surface area contributed by atoms with Crippen LogP contribution in [0, 0.1) is 15.5 Å². The molecule has 0 saturated carbocycles. The second kappa shape index (κ2) is 7.72. The summed E-state index contributed by atoms with van der Waals surface area (Å²) < 4.78 is 0.533. The van der Waals surface area contributed by atoms with E-state index in [2.05, 4.69) is 26.2 Å². The van der Waals surface area contributed by atoms with Crippen LogP contribution in [0.1, 0.15) is 25.3 Å². The Morgan fingerprint density at radius 2 is 2.04 bits per heavy atom. The summed E-state index contributed by atoms with van der Waals surface area (Å²) in [6.45, 7) is 4.60. The minimum absolute atomic E-state index is 0.0447. The first-order valence-electron chi connectivity index (χ1n) is 7.55. The van der Waals surface area contributed by atoms with Crippen molar-refractivity contribution >= 4 is 27.4 Å². The number of nitrogens with one attached hydrogen (secondary N) is 1. The lowest BCUT2D eigenvalue weighted by Crippen LogP contribution is -2.31. The number of hydrogen-bond donors (Lipinski definition) is 2. The third-order valence-electron chi connectivity index (χ3n) is 4.06. The second-order valence-electron chi connectivity index (χ2n) is 6.27. The molecule has 0 aliphatic rings. The van der Waals surface area contributed by atoms with Crippen LogP contribution in [0.5, 0.6) is 0 Å². The van der Waals surface area contributed by atoms with E-state index in [4.69, 9.17) is 0 Å². The van der Waals surface area contributed by atoms with E-state index in [1.54, 1.807) is 0 Å². The number of aromatic nitrogens is 1. The Kier molecular flexibility index (Phi) is 5.90. The number of benzene rings is 1. The van der Waals surface area contributed by atoms with E-state index in [0.717, 1.165) is 5.56 Å². The van der Waals surface area contributed by atoms with Gasteiger partial charge in [-0.1, -0.05) is 44.2 Å². The van der Waals surface area contributed by atoms with E-state index in [0.29, 0.717) is 16.8 Å². The number of aliphatic hydroxyl groups is 1. The number of pyridine rings is 1. The van der Waals surface area contributed by atoms with Crippen molar-refractivity contribution in [3.05, 3.63) is 62.7 Å². The van der Waals surface area contributed by atoms with Gasteiger partial charge in [-0.2, -0.15) is 0 Å². The topological polar surface area (TPSA) is 88.3 Å². The molecule has 2 rings (SSSR count). The monoisotopic (exact) mass is 393 g/mol. The van der Waals surface area contributed by atoms with Gasteiger partial charge in [-0.3, -0.25) is 10.1 Å². The van der Waals surface area contributed by atoms with Crippen LogP contribution < -0.4 is 5.32 Å². The Hall–Kier alpha value is -1.99. The van der Waals surface area contributed by atoms with Crippen LogP contribution in [-0.4, -0.2) is 28.2 Å². The number of rotatable bonds is 7. The average molecular weight is 394 g/mol. The Morgan fingerprint density at radius 3 is 2.58 bits per heavy atom. The SMILES string of the molecule is CC(C)(CO)C(CNc1ncc([N+](=O)[O-])cc1Br)c1ccccc1. The smallest absolute Gasteiger partial charge is 0.288 e. The van der Waals surface area contributed by atoms with Crippen molar-refractivity contribution in [1.82, 2.24) is 4.98 Å². The number of aliphatic hydroxyl groups excluding tert-OH is 1. The van der Waals surface area contributed by atoms with Gasteiger partial charge in [-0.15, -0.1) is 0 Å². The summed E-state index contributed by atoms with van der Waals surface area (Å²) in [6.07, 6.45) is 1.22. The first kappa shape index (κ1) is 18.4. The Bertz CT molecular complexity index is 707. The molecular weight excluding hydrogens is 374 g/mol. The number of halogens is 1. The van der Waals surface area contributed by atoms with E-state index < -0.39 is 4.92 Å². The lowest BCUT2D eigenvalue weighted by Gasteiger charge is -2.33. The lowest BCUT2D eigenvalue weighted by molar-refractivity contribution is -0.385. The molecule has 0 fully saturated rings. The highest BCUT2D eigenvalue weighted by atomic mass is 79.9. The molecule has 1 atom stereocenters. The average Bonchev–Trinajstić information content (AvgIpc) is 2.57. The number of anilines is 1. The van der Waals surface area contributed by atoms with E-state index >= 15 is 0 Å². The van der Waals surface area contributed by atoms with Crippen LogP contribution >= 0.6 is 15.9 Å². The molecule has 0 bridgehead atoms. The molecule has 0 saturated heterocycles. The summed E-state index contributed by atoms with van der Waals surface area (Å²) >= 11 is 3.31. The maximum absolute atomic E-state index is 10.8. The molecule has 1 aromatic heterocycles. The Labute approximate surface area is 149 Å². The van der Waals surface area contributed by atoms with Gasteiger partial charge >= 0.3 is 0 Å². The largest absolute Gasteiger partial charge is 0.396 e. The lowest BCUT2D eigenvalue weighted by atomic mass is 9.75. The van der Waals surface area contributed by atoms with Gasteiger partial charge in [-0.05, 0) is 26.9 Å². The molecule has 0 amide bonds. The van der Waals surface area contributed by atoms with Gasteiger partial charge in [0.05, 0.1) is 9.40 Å². The standard InChI is InChI=1S/C17H20BrN3O3/c1-17(2,11-22)14(12-6-4-3-5-7-12)10-20-16-15(18)8-13(9-19-16)21(23)24/h3-9,14,22H,10-11H2,1-2H3,(H,19,20). The van der Waals surface area contributed by atoms with Crippen molar-refractivity contribution < 1.29 is 10.0 Å². The van der Waals surface area contributed by atoms with Crippen LogP contribution in [0.4, 0.5) is 11.5 Å². The minimum Gasteiger partial charge on any atom is -0.396 e. The summed E-state index contributed by atoms with van der Waals surface area (Å²) in [4.78, 5) is 14.4. The van der Waals surface area contributed by atoms with Gasteiger partial charge in [0, 0.05) is 25.1 Å². The molecule has 0 radical (unpaired) electrons. The quantitative estimate of drug-likeness (QED) is 0.548. The fraction of sp³-hybridized carbons (Fsp3) is 0.353. The molecule has 6 nitrogen and oxygen atoms in total. The van der Waals surface area contributed by atoms with Gasteiger partial charge in [0.25, 0.3) is 5.69 Å². The van der Waals surface area contributed by atoms with Gasteiger partial charge in [0.2, 0.25) is 0 Å². The number of nitrogens with zero attached hydrogens (tertiary/aromatic N) is 2. The van der Waals surface area contributed by atoms with Gasteiger partial charge in [0.15, 0.2) is 0 Å². The highest BCUT2D eigenvalue weighted by molar-refractivity contribution is 9.10. The van der Waals surface area contributed by atoms with E-state index in [1.807, 2.05) is 44.2 Å². The van der Waals surface area contributed by atoms with Crippen molar-refractivity contribution in [3.63, 3.8) is 0 Å². The minimum atomic E-state index is -0.483. The van der Waals surface area contributed by atoms with Crippen LogP contribution in [0.15, 0.2) is 47.1 Å². The zero-order valence-electron chi connectivity index (χ0n) is 13.6. The normalized spacial score (nSPS) is 12.7. The third kappa shape index (κ3) is 4.30. The molecule has 0 spiro atoms. The van der Waals surface area contributed by atoms with Crippen molar-refractivity contribution in [2.75, 3.05) is 18.5 Å². The summed E-state index contributed by atoms with van der Waals surface area (Å²) in [6, 6.07) is 11.4. The maximum Gasteiger partial charge on any atom is 0.288 e. The summed E-state index contributed by atoms with van der Waals surface area (Å²) in [5.74, 6) is 0.586. The highest BCUT2D eigenvalue weighted by Crippen LogP contribution is 2.36. The van der Waals surface area contributed by atoms with E-state index in [1.165, 1.54) is 12.3 Å². The van der Waals surface area contributed by atoms with Crippen molar-refractivity contribution in [2.45, 2.75) is 19.8 Å². The number of nitro groups is 1. The summed E-state index contributed by atoms with van der Waals surface area (Å²) in [7, 11) is 0. The van der Waals surface area contributed by atoms with Crippen LogP contribution in [0.2, 0.25) is 0 Å². The predicted molar refractivity (Wildman–Crippen MR) is 97.1 cm³/mol. The van der Waals surface area contributed by atoms with Crippen LogP contribution in [-0.2, 0) is 0 Å². The molecule has 128 valence electrons. The van der Waals surface area contributed by atoms with E-state index in [9.17, 15) is 15.2 Å². The second-order valence-corrected chi connectivity index (χ2v) is 7.13. The van der Waals surface area contributed by atoms with Crippen LogP contribution in [0.25, 0.3) is 0 Å². The van der Waals surface area contributed by atoms with Gasteiger partial charge < -0.3 is 10.4 Å². The zero-order valence-corrected chi connectivity index (χ0v) is 15.2. The first-order chi connectivity index (χ1) is 11.3. The first-order valence-corrected chi connectivity index (χ1v) is 8.34. The molecule has 24 heavy (non-hydrogen) atoms.